The molecule has 3 aromatic rings. The van der Waals surface area contributed by atoms with Crippen molar-refractivity contribution in [2.75, 3.05) is 27.2 Å². The number of carbonyl (C=O) groups is 3. The van der Waals surface area contributed by atoms with Crippen LogP contribution in [0.4, 0.5) is 0 Å². The predicted octanol–water partition coefficient (Wildman–Crippen LogP) is 1.25. The third-order valence-electron chi connectivity index (χ3n) is 8.71. The van der Waals surface area contributed by atoms with Crippen LogP contribution in [-0.2, 0) is 30.1 Å². The van der Waals surface area contributed by atoms with Crippen LogP contribution >= 0.6 is 0 Å². The molecule has 0 radical (unpaired) electrons. The van der Waals surface area contributed by atoms with Gasteiger partial charge in [0.05, 0.1) is 18.0 Å². The van der Waals surface area contributed by atoms with Crippen LogP contribution in [0.2, 0.25) is 0 Å². The van der Waals surface area contributed by atoms with Gasteiger partial charge in [-0.1, -0.05) is 12.1 Å². The fourth-order valence-electron chi connectivity index (χ4n) is 6.66. The second-order valence-electron chi connectivity index (χ2n) is 11.3. The zero-order valence-corrected chi connectivity index (χ0v) is 25.0. The molecular weight excluding hydrogens is 546 g/mol. The number of aryl methyl sites for hydroxylation is 3. The van der Waals surface area contributed by atoms with Gasteiger partial charge in [-0.3, -0.25) is 14.4 Å². The average Bonchev–Trinajstić information content (AvgIpc) is 3.67. The Hall–Kier alpha value is -4.63. The summed E-state index contributed by atoms with van der Waals surface area (Å²) in [5.41, 5.74) is 4.13. The number of carbonyl (C=O) groups excluding carboxylic acids is 3. The number of nitrogens with one attached hydrogen (secondary N) is 3. The Kier molecular flexibility index (Phi) is 8.54. The van der Waals surface area contributed by atoms with Crippen molar-refractivity contribution >= 4 is 17.7 Å². The highest BCUT2D eigenvalue weighted by Gasteiger charge is 2.46. The van der Waals surface area contributed by atoms with Crippen LogP contribution in [0.5, 0.6) is 0 Å². The summed E-state index contributed by atoms with van der Waals surface area (Å²) in [6.07, 6.45) is 3.29. The summed E-state index contributed by atoms with van der Waals surface area (Å²) >= 11 is 0. The van der Waals surface area contributed by atoms with Crippen LogP contribution < -0.4 is 16.0 Å². The van der Waals surface area contributed by atoms with Crippen LogP contribution in [0.25, 0.3) is 0 Å². The van der Waals surface area contributed by atoms with E-state index in [0.29, 0.717) is 49.2 Å². The van der Waals surface area contributed by atoms with Crippen LogP contribution in [0.15, 0.2) is 36.4 Å². The number of rotatable bonds is 8. The van der Waals surface area contributed by atoms with E-state index < -0.39 is 5.41 Å². The van der Waals surface area contributed by atoms with E-state index in [2.05, 4.69) is 37.5 Å². The molecular formula is C31H37N9O3. The highest BCUT2D eigenvalue weighted by atomic mass is 16.2. The largest absolute Gasteiger partial charge is 0.355 e. The number of nitrogens with zero attached hydrogens (tertiary/aromatic N) is 6. The van der Waals surface area contributed by atoms with E-state index in [1.54, 1.807) is 30.7 Å². The molecule has 1 fully saturated rings. The van der Waals surface area contributed by atoms with E-state index in [1.165, 1.54) is 0 Å². The first kappa shape index (κ1) is 29.8. The smallest absolute Gasteiger partial charge is 0.251 e. The van der Waals surface area contributed by atoms with Crippen LogP contribution in [-0.4, -0.2) is 82.1 Å². The van der Waals surface area contributed by atoms with Gasteiger partial charge in [-0.05, 0) is 96.0 Å². The van der Waals surface area contributed by atoms with Gasteiger partial charge in [0.15, 0.2) is 5.82 Å². The number of fused-ring (bicyclic) bond motifs is 2. The lowest BCUT2D eigenvalue weighted by Gasteiger charge is -2.37. The van der Waals surface area contributed by atoms with E-state index >= 15 is 0 Å². The molecule has 2 atom stereocenters. The lowest BCUT2D eigenvalue weighted by Crippen LogP contribution is -2.46. The fraction of sp³-hybridized carbons (Fsp3) is 0.452. The second kappa shape index (κ2) is 12.3. The maximum absolute atomic E-state index is 13.1. The topological polar surface area (TPSA) is 158 Å². The maximum Gasteiger partial charge on any atom is 0.251 e. The van der Waals surface area contributed by atoms with Crippen molar-refractivity contribution < 1.29 is 14.4 Å². The quantitative estimate of drug-likeness (QED) is 0.358. The molecule has 224 valence electrons. The zero-order chi connectivity index (χ0) is 30.7. The van der Waals surface area contributed by atoms with Gasteiger partial charge in [-0.2, -0.15) is 5.26 Å². The molecule has 2 heterocycles. The van der Waals surface area contributed by atoms with Crippen molar-refractivity contribution in [2.45, 2.75) is 56.5 Å². The van der Waals surface area contributed by atoms with E-state index in [1.807, 2.05) is 43.3 Å². The van der Waals surface area contributed by atoms with Gasteiger partial charge in [0.25, 0.3) is 11.8 Å². The molecule has 1 aliphatic carbocycles. The molecule has 1 aromatic heterocycles. The molecule has 5 rings (SSSR count). The number of aromatic nitrogens is 4. The van der Waals surface area contributed by atoms with Crippen LogP contribution in [0.3, 0.4) is 0 Å². The van der Waals surface area contributed by atoms with Gasteiger partial charge in [0, 0.05) is 44.9 Å². The summed E-state index contributed by atoms with van der Waals surface area (Å²) in [6, 6.07) is 13.1. The van der Waals surface area contributed by atoms with E-state index in [0.717, 1.165) is 28.7 Å². The minimum Gasteiger partial charge on any atom is -0.355 e. The molecule has 1 aliphatic heterocycles. The molecule has 0 unspecified atom stereocenters. The molecule has 0 spiro atoms. The molecule has 3 N–H and O–H groups in total. The number of hydrogen-bond donors (Lipinski definition) is 3. The minimum atomic E-state index is -0.875. The average molecular weight is 584 g/mol. The number of amides is 3. The first-order chi connectivity index (χ1) is 20.7. The molecule has 43 heavy (non-hydrogen) atoms. The Balaban J connectivity index is 1.62. The third-order valence-corrected chi connectivity index (χ3v) is 8.71. The Labute approximate surface area is 250 Å². The van der Waals surface area contributed by atoms with Gasteiger partial charge in [-0.15, -0.1) is 5.10 Å². The standard InChI is InChI=1S/C31H37N9O3/c1-19(35-18-27(41)40-13-5-6-24(40)17-32)16-31(30-36-37-38-39(30)4)25-11-9-22(28(42)33-2)14-20(25)7-8-21-15-23(29(43)34-3)10-12-26(21)31/h9-12,14-15,19,24,35H,5-8,13,16,18H2,1-4H3,(H,33,42)(H,34,43)/t19-,24+/m1/s1. The van der Waals surface area contributed by atoms with Crippen molar-refractivity contribution in [3.8, 4) is 6.07 Å². The number of nitriles is 1. The summed E-state index contributed by atoms with van der Waals surface area (Å²) in [5, 5.41) is 31.0. The van der Waals surface area contributed by atoms with Gasteiger partial charge in [-0.25, -0.2) is 4.68 Å². The summed E-state index contributed by atoms with van der Waals surface area (Å²) in [5.74, 6) is 0.158. The number of hydrogen-bond acceptors (Lipinski definition) is 8. The third kappa shape index (κ3) is 5.48. The van der Waals surface area contributed by atoms with Crippen molar-refractivity contribution in [3.05, 3.63) is 75.6 Å². The number of likely N-dealkylation sites (tertiary alicyclic amines) is 1. The second-order valence-corrected chi connectivity index (χ2v) is 11.3. The first-order valence-electron chi connectivity index (χ1n) is 14.6. The molecule has 2 aliphatic rings. The maximum atomic E-state index is 13.1. The molecule has 1 saturated heterocycles. The highest BCUT2D eigenvalue weighted by molar-refractivity contribution is 5.95. The molecule has 0 saturated carbocycles. The number of tetrazole rings is 1. The highest BCUT2D eigenvalue weighted by Crippen LogP contribution is 2.47. The molecule has 12 heteroatoms. The molecule has 12 nitrogen and oxygen atoms in total. The van der Waals surface area contributed by atoms with Gasteiger partial charge in [0.1, 0.15) is 6.04 Å². The van der Waals surface area contributed by atoms with Crippen molar-refractivity contribution in [3.63, 3.8) is 0 Å². The summed E-state index contributed by atoms with van der Waals surface area (Å²) in [4.78, 5) is 40.0. The summed E-state index contributed by atoms with van der Waals surface area (Å²) in [6.45, 7) is 2.70. The molecule has 2 aromatic carbocycles. The van der Waals surface area contributed by atoms with Crippen molar-refractivity contribution in [1.29, 1.82) is 5.26 Å². The monoisotopic (exact) mass is 583 g/mol. The van der Waals surface area contributed by atoms with Gasteiger partial charge in [0.2, 0.25) is 5.91 Å². The normalized spacial score (nSPS) is 17.7. The Bertz CT molecular complexity index is 1520. The van der Waals surface area contributed by atoms with E-state index in [4.69, 9.17) is 0 Å². The zero-order valence-electron chi connectivity index (χ0n) is 25.0. The predicted molar refractivity (Wildman–Crippen MR) is 158 cm³/mol. The first-order valence-corrected chi connectivity index (χ1v) is 14.6. The lowest BCUT2D eigenvalue weighted by atomic mass is 9.67. The Morgan fingerprint density at radius 2 is 1.65 bits per heavy atom. The number of benzene rings is 2. The van der Waals surface area contributed by atoms with Crippen molar-refractivity contribution in [1.82, 2.24) is 41.1 Å². The van der Waals surface area contributed by atoms with E-state index in [9.17, 15) is 19.6 Å². The SMILES string of the molecule is CNC(=O)c1ccc2c(c1)CCc1cc(C(=O)NC)ccc1C2(C[C@@H](C)NCC(=O)N1CCC[C@H]1C#N)c1nnnn1C. The van der Waals surface area contributed by atoms with E-state index in [-0.39, 0.29) is 36.3 Å². The lowest BCUT2D eigenvalue weighted by molar-refractivity contribution is -0.130. The Morgan fingerprint density at radius 3 is 2.16 bits per heavy atom. The fourth-order valence-corrected chi connectivity index (χ4v) is 6.66. The summed E-state index contributed by atoms with van der Waals surface area (Å²) < 4.78 is 1.66. The van der Waals surface area contributed by atoms with Crippen LogP contribution in [0.1, 0.15) is 75.0 Å². The Morgan fingerprint density at radius 1 is 1.05 bits per heavy atom. The summed E-state index contributed by atoms with van der Waals surface area (Å²) in [7, 11) is 5.01. The van der Waals surface area contributed by atoms with Gasteiger partial charge < -0.3 is 20.9 Å². The van der Waals surface area contributed by atoms with Gasteiger partial charge >= 0.3 is 0 Å². The van der Waals surface area contributed by atoms with Crippen molar-refractivity contribution in [2.24, 2.45) is 7.05 Å². The minimum absolute atomic E-state index is 0.0947. The molecule has 0 bridgehead atoms. The van der Waals surface area contributed by atoms with Crippen LogP contribution in [0, 0.1) is 11.3 Å². The molecule has 3 amide bonds.